The van der Waals surface area contributed by atoms with Crippen molar-refractivity contribution in [2.75, 3.05) is 11.9 Å². The molecule has 2 N–H and O–H groups in total. The number of non-ortho nitro benzene ring substituents is 1. The normalized spacial score (nSPS) is 11.2. The number of rotatable bonds is 4. The van der Waals surface area contributed by atoms with Gasteiger partial charge in [-0.05, 0) is 32.4 Å². The Bertz CT molecular complexity index is 397. The van der Waals surface area contributed by atoms with Gasteiger partial charge in [0.05, 0.1) is 10.5 Å². The molecule has 0 aliphatic heterocycles. The molecule has 0 atom stereocenters. The summed E-state index contributed by atoms with van der Waals surface area (Å²) >= 11 is 0. The van der Waals surface area contributed by atoms with Crippen molar-refractivity contribution in [3.63, 3.8) is 0 Å². The molecule has 5 heteroatoms. The number of nitrogens with one attached hydrogen (secondary N) is 1. The summed E-state index contributed by atoms with van der Waals surface area (Å²) in [6.45, 7) is 5.58. The van der Waals surface area contributed by atoms with Crippen LogP contribution in [0.4, 0.5) is 11.4 Å². The van der Waals surface area contributed by atoms with Crippen molar-refractivity contribution in [3.8, 4) is 0 Å². The number of benzene rings is 1. The average Bonchev–Trinajstić information content (AvgIpc) is 2.14. The monoisotopic (exact) mass is 224 g/mol. The Hall–Kier alpha value is -1.62. The summed E-state index contributed by atoms with van der Waals surface area (Å²) in [6, 6.07) is 4.60. The van der Waals surface area contributed by atoms with Gasteiger partial charge in [-0.15, -0.1) is 0 Å². The molecule has 0 saturated carbocycles. The maximum atomic E-state index is 10.5. The van der Waals surface area contributed by atoms with Crippen LogP contribution in [-0.4, -0.2) is 22.2 Å². The van der Waals surface area contributed by atoms with E-state index in [4.69, 9.17) is 0 Å². The van der Waals surface area contributed by atoms with Crippen molar-refractivity contribution >= 4 is 11.4 Å². The number of hydrogen-bond acceptors (Lipinski definition) is 4. The van der Waals surface area contributed by atoms with Crippen LogP contribution in [0.25, 0.3) is 0 Å². The van der Waals surface area contributed by atoms with Crippen molar-refractivity contribution in [1.82, 2.24) is 0 Å². The molecule has 88 valence electrons. The topological polar surface area (TPSA) is 75.4 Å². The zero-order chi connectivity index (χ0) is 12.3. The first-order valence-corrected chi connectivity index (χ1v) is 5.01. The van der Waals surface area contributed by atoms with Gasteiger partial charge in [-0.3, -0.25) is 10.1 Å². The lowest BCUT2D eigenvalue weighted by atomic mass is 10.1. The molecule has 0 aromatic heterocycles. The number of nitro groups is 1. The minimum absolute atomic E-state index is 0.0753. The van der Waals surface area contributed by atoms with Gasteiger partial charge in [0, 0.05) is 24.4 Å². The molecule has 0 aliphatic rings. The van der Waals surface area contributed by atoms with Crippen LogP contribution < -0.4 is 5.32 Å². The third-order valence-electron chi connectivity index (χ3n) is 2.13. The number of anilines is 1. The smallest absolute Gasteiger partial charge is 0.269 e. The van der Waals surface area contributed by atoms with Crippen LogP contribution in [-0.2, 0) is 0 Å². The number of aryl methyl sites for hydroxylation is 1. The Morgan fingerprint density at radius 1 is 1.50 bits per heavy atom. The molecule has 16 heavy (non-hydrogen) atoms. The van der Waals surface area contributed by atoms with Gasteiger partial charge in [-0.25, -0.2) is 0 Å². The van der Waals surface area contributed by atoms with Gasteiger partial charge in [-0.1, -0.05) is 0 Å². The maximum absolute atomic E-state index is 10.5. The van der Waals surface area contributed by atoms with E-state index in [-0.39, 0.29) is 5.69 Å². The summed E-state index contributed by atoms with van der Waals surface area (Å²) in [5.74, 6) is 0. The van der Waals surface area contributed by atoms with Gasteiger partial charge >= 0.3 is 0 Å². The fourth-order valence-corrected chi connectivity index (χ4v) is 1.27. The molecule has 0 bridgehead atoms. The van der Waals surface area contributed by atoms with Gasteiger partial charge in [-0.2, -0.15) is 0 Å². The largest absolute Gasteiger partial charge is 0.389 e. The summed E-state index contributed by atoms with van der Waals surface area (Å²) in [5.41, 5.74) is 0.853. The molecule has 0 heterocycles. The predicted molar refractivity (Wildman–Crippen MR) is 62.6 cm³/mol. The fourth-order valence-electron chi connectivity index (χ4n) is 1.27. The summed E-state index contributed by atoms with van der Waals surface area (Å²) in [5, 5.41) is 23.1. The van der Waals surface area contributed by atoms with Crippen LogP contribution in [0.2, 0.25) is 0 Å². The molecule has 5 nitrogen and oxygen atoms in total. The second kappa shape index (κ2) is 4.49. The molecule has 0 radical (unpaired) electrons. The van der Waals surface area contributed by atoms with E-state index in [2.05, 4.69) is 5.32 Å². The Kier molecular flexibility index (Phi) is 3.49. The minimum atomic E-state index is -0.811. The van der Waals surface area contributed by atoms with Crippen LogP contribution in [0, 0.1) is 17.0 Å². The van der Waals surface area contributed by atoms with E-state index in [9.17, 15) is 15.2 Å². The summed E-state index contributed by atoms with van der Waals surface area (Å²) < 4.78 is 0. The Morgan fingerprint density at radius 2 is 2.12 bits per heavy atom. The number of nitrogens with zero attached hydrogens (tertiary/aromatic N) is 1. The van der Waals surface area contributed by atoms with Gasteiger partial charge in [0.1, 0.15) is 0 Å². The molecule has 0 fully saturated rings. The second-order valence-corrected chi connectivity index (χ2v) is 4.42. The molecule has 0 aliphatic carbocycles. The fraction of sp³-hybridized carbons (Fsp3) is 0.455. The van der Waals surface area contributed by atoms with Gasteiger partial charge in [0.15, 0.2) is 0 Å². The molecular weight excluding hydrogens is 208 g/mol. The predicted octanol–water partition coefficient (Wildman–Crippen LogP) is 2.09. The van der Waals surface area contributed by atoms with Crippen LogP contribution in [0.3, 0.4) is 0 Å². The third kappa shape index (κ3) is 3.51. The molecular formula is C11H16N2O3. The Balaban J connectivity index is 2.80. The first-order chi connectivity index (χ1) is 7.29. The lowest BCUT2D eigenvalue weighted by Crippen LogP contribution is -2.29. The van der Waals surface area contributed by atoms with Gasteiger partial charge in [0.2, 0.25) is 0 Å². The average molecular weight is 224 g/mol. The molecule has 0 amide bonds. The van der Waals surface area contributed by atoms with E-state index in [0.717, 1.165) is 11.3 Å². The summed E-state index contributed by atoms with van der Waals surface area (Å²) in [6.07, 6.45) is 0. The van der Waals surface area contributed by atoms with Crippen LogP contribution in [0.5, 0.6) is 0 Å². The Labute approximate surface area is 94.3 Å². The number of hydrogen-bond donors (Lipinski definition) is 2. The molecule has 0 spiro atoms. The highest BCUT2D eigenvalue weighted by Crippen LogP contribution is 2.21. The van der Waals surface area contributed by atoms with Gasteiger partial charge in [0.25, 0.3) is 5.69 Å². The lowest BCUT2D eigenvalue weighted by Gasteiger charge is -2.19. The van der Waals surface area contributed by atoms with E-state index in [1.807, 2.05) is 0 Å². The number of nitro benzene ring substituents is 1. The van der Waals surface area contributed by atoms with E-state index in [1.165, 1.54) is 12.1 Å². The first-order valence-electron chi connectivity index (χ1n) is 5.01. The molecule has 0 saturated heterocycles. The highest BCUT2D eigenvalue weighted by molar-refractivity contribution is 5.55. The van der Waals surface area contributed by atoms with Crippen LogP contribution in [0.1, 0.15) is 19.4 Å². The highest BCUT2D eigenvalue weighted by atomic mass is 16.6. The maximum Gasteiger partial charge on any atom is 0.269 e. The zero-order valence-corrected chi connectivity index (χ0v) is 9.65. The SMILES string of the molecule is Cc1cc([N+](=O)[O-])ccc1NCC(C)(C)O. The van der Waals surface area contributed by atoms with Crippen LogP contribution >= 0.6 is 0 Å². The first kappa shape index (κ1) is 12.4. The van der Waals surface area contributed by atoms with Crippen molar-refractivity contribution in [1.29, 1.82) is 0 Å². The molecule has 1 aromatic carbocycles. The van der Waals surface area contributed by atoms with Gasteiger partial charge < -0.3 is 10.4 Å². The lowest BCUT2D eigenvalue weighted by molar-refractivity contribution is -0.384. The van der Waals surface area contributed by atoms with Crippen LogP contribution in [0.15, 0.2) is 18.2 Å². The molecule has 1 aromatic rings. The van der Waals surface area contributed by atoms with Crippen molar-refractivity contribution < 1.29 is 10.0 Å². The highest BCUT2D eigenvalue weighted by Gasteiger charge is 2.13. The summed E-state index contributed by atoms with van der Waals surface area (Å²) in [7, 11) is 0. The summed E-state index contributed by atoms with van der Waals surface area (Å²) in [4.78, 5) is 10.1. The van der Waals surface area contributed by atoms with E-state index in [1.54, 1.807) is 26.8 Å². The van der Waals surface area contributed by atoms with E-state index < -0.39 is 10.5 Å². The molecule has 1 rings (SSSR count). The second-order valence-electron chi connectivity index (χ2n) is 4.42. The third-order valence-corrected chi connectivity index (χ3v) is 2.13. The zero-order valence-electron chi connectivity index (χ0n) is 9.65. The molecule has 0 unspecified atom stereocenters. The van der Waals surface area contributed by atoms with E-state index >= 15 is 0 Å². The standard InChI is InChI=1S/C11H16N2O3/c1-8-6-9(13(15)16)4-5-10(8)12-7-11(2,3)14/h4-6,12,14H,7H2,1-3H3. The van der Waals surface area contributed by atoms with Crippen molar-refractivity contribution in [3.05, 3.63) is 33.9 Å². The Morgan fingerprint density at radius 3 is 2.56 bits per heavy atom. The number of aliphatic hydroxyl groups is 1. The van der Waals surface area contributed by atoms with Crippen molar-refractivity contribution in [2.24, 2.45) is 0 Å². The quantitative estimate of drug-likeness (QED) is 0.606. The minimum Gasteiger partial charge on any atom is -0.389 e. The van der Waals surface area contributed by atoms with E-state index in [0.29, 0.717) is 6.54 Å². The van der Waals surface area contributed by atoms with Crippen molar-refractivity contribution in [2.45, 2.75) is 26.4 Å².